The molecular formula is C14H24N2O. The summed E-state index contributed by atoms with van der Waals surface area (Å²) in [6.07, 6.45) is 5.54. The summed E-state index contributed by atoms with van der Waals surface area (Å²) in [5, 5.41) is 3.48. The molecule has 0 radical (unpaired) electrons. The van der Waals surface area contributed by atoms with Gasteiger partial charge in [-0.1, -0.05) is 6.92 Å². The van der Waals surface area contributed by atoms with E-state index in [-0.39, 0.29) is 0 Å². The number of hydrogen-bond acceptors (Lipinski definition) is 3. The van der Waals surface area contributed by atoms with Crippen LogP contribution in [0.3, 0.4) is 0 Å². The Morgan fingerprint density at radius 1 is 1.59 bits per heavy atom. The summed E-state index contributed by atoms with van der Waals surface area (Å²) in [7, 11) is 2.21. The Hall–Kier alpha value is -0.800. The molecule has 2 rings (SSSR count). The van der Waals surface area contributed by atoms with E-state index in [1.165, 1.54) is 25.9 Å². The topological polar surface area (TPSA) is 28.4 Å². The first-order valence-electron chi connectivity index (χ1n) is 6.75. The van der Waals surface area contributed by atoms with Crippen molar-refractivity contribution in [3.8, 4) is 0 Å². The zero-order valence-corrected chi connectivity index (χ0v) is 11.0. The zero-order valence-electron chi connectivity index (χ0n) is 11.0. The molecule has 2 heterocycles. The predicted octanol–water partition coefficient (Wildman–Crippen LogP) is 2.66. The van der Waals surface area contributed by atoms with Crippen LogP contribution in [0.4, 0.5) is 0 Å². The van der Waals surface area contributed by atoms with E-state index in [1.54, 1.807) is 6.26 Å². The first kappa shape index (κ1) is 12.7. The van der Waals surface area contributed by atoms with Crippen LogP contribution in [-0.4, -0.2) is 31.6 Å². The summed E-state index contributed by atoms with van der Waals surface area (Å²) < 4.78 is 5.54. The Kier molecular flexibility index (Phi) is 4.63. The number of nitrogens with zero attached hydrogens (tertiary/aromatic N) is 1. The van der Waals surface area contributed by atoms with Crippen molar-refractivity contribution < 1.29 is 4.42 Å². The van der Waals surface area contributed by atoms with Gasteiger partial charge in [-0.3, -0.25) is 4.90 Å². The zero-order chi connectivity index (χ0) is 12.1. The van der Waals surface area contributed by atoms with Crippen molar-refractivity contribution in [2.24, 2.45) is 5.92 Å². The third-order valence-corrected chi connectivity index (χ3v) is 3.74. The van der Waals surface area contributed by atoms with Crippen molar-refractivity contribution in [1.82, 2.24) is 10.2 Å². The molecule has 2 unspecified atom stereocenters. The Morgan fingerprint density at radius 2 is 2.47 bits per heavy atom. The first-order valence-corrected chi connectivity index (χ1v) is 6.75. The monoisotopic (exact) mass is 236 g/mol. The maximum Gasteiger partial charge on any atom is 0.120 e. The minimum atomic E-state index is 0.423. The van der Waals surface area contributed by atoms with Gasteiger partial charge < -0.3 is 9.73 Å². The number of hydrogen-bond donors (Lipinski definition) is 1. The second kappa shape index (κ2) is 6.22. The smallest absolute Gasteiger partial charge is 0.120 e. The lowest BCUT2D eigenvalue weighted by Gasteiger charge is -2.31. The summed E-state index contributed by atoms with van der Waals surface area (Å²) in [6, 6.07) is 4.49. The van der Waals surface area contributed by atoms with E-state index in [0.717, 1.165) is 24.6 Å². The minimum absolute atomic E-state index is 0.423. The van der Waals surface area contributed by atoms with Crippen LogP contribution in [0.2, 0.25) is 0 Å². The van der Waals surface area contributed by atoms with Gasteiger partial charge in [-0.05, 0) is 57.5 Å². The largest absolute Gasteiger partial charge is 0.468 e. The Morgan fingerprint density at radius 3 is 3.06 bits per heavy atom. The second-order valence-electron chi connectivity index (χ2n) is 5.09. The van der Waals surface area contributed by atoms with Crippen LogP contribution in [0.5, 0.6) is 0 Å². The second-order valence-corrected chi connectivity index (χ2v) is 5.09. The van der Waals surface area contributed by atoms with Crippen LogP contribution in [0.1, 0.15) is 38.0 Å². The normalized spacial score (nSPS) is 22.9. The highest BCUT2D eigenvalue weighted by Gasteiger charge is 2.21. The van der Waals surface area contributed by atoms with Gasteiger partial charge >= 0.3 is 0 Å². The standard InChI is InChI=1S/C14H24N2O/c1-3-13(14-7-5-9-17-14)16(2)11-12-6-4-8-15-10-12/h5,7,9,12-13,15H,3-4,6,8,10-11H2,1-2H3. The summed E-state index contributed by atoms with van der Waals surface area (Å²) in [5.74, 6) is 1.89. The number of rotatable bonds is 5. The lowest BCUT2D eigenvalue weighted by Crippen LogP contribution is -2.38. The van der Waals surface area contributed by atoms with E-state index >= 15 is 0 Å². The third-order valence-electron chi connectivity index (χ3n) is 3.74. The average Bonchev–Trinajstić information content (AvgIpc) is 2.85. The summed E-state index contributed by atoms with van der Waals surface area (Å²) in [4.78, 5) is 2.44. The molecule has 17 heavy (non-hydrogen) atoms. The Balaban J connectivity index is 1.90. The SMILES string of the molecule is CCC(c1ccco1)N(C)CC1CCCNC1. The van der Waals surface area contributed by atoms with Gasteiger partial charge in [0, 0.05) is 6.54 Å². The van der Waals surface area contributed by atoms with Gasteiger partial charge in [-0.15, -0.1) is 0 Å². The molecule has 2 atom stereocenters. The summed E-state index contributed by atoms with van der Waals surface area (Å²) in [5.41, 5.74) is 0. The van der Waals surface area contributed by atoms with E-state index in [0.29, 0.717) is 6.04 Å². The van der Waals surface area contributed by atoms with Crippen molar-refractivity contribution in [3.05, 3.63) is 24.2 Å². The van der Waals surface area contributed by atoms with Crippen molar-refractivity contribution in [2.45, 2.75) is 32.2 Å². The third kappa shape index (κ3) is 3.33. The summed E-state index contributed by atoms with van der Waals surface area (Å²) >= 11 is 0. The minimum Gasteiger partial charge on any atom is -0.468 e. The fraction of sp³-hybridized carbons (Fsp3) is 0.714. The van der Waals surface area contributed by atoms with E-state index in [2.05, 4.69) is 30.3 Å². The molecular weight excluding hydrogens is 212 g/mol. The predicted molar refractivity (Wildman–Crippen MR) is 70.0 cm³/mol. The first-order chi connectivity index (χ1) is 8.31. The van der Waals surface area contributed by atoms with Gasteiger partial charge in [0.05, 0.1) is 12.3 Å². The van der Waals surface area contributed by atoms with Gasteiger partial charge in [0.1, 0.15) is 5.76 Å². The fourth-order valence-corrected chi connectivity index (χ4v) is 2.83. The molecule has 0 bridgehead atoms. The molecule has 1 N–H and O–H groups in total. The van der Waals surface area contributed by atoms with Gasteiger partial charge in [0.25, 0.3) is 0 Å². The lowest BCUT2D eigenvalue weighted by molar-refractivity contribution is 0.167. The van der Waals surface area contributed by atoms with Gasteiger partial charge in [0.2, 0.25) is 0 Å². The highest BCUT2D eigenvalue weighted by molar-refractivity contribution is 5.04. The number of nitrogens with one attached hydrogen (secondary N) is 1. The molecule has 1 saturated heterocycles. The van der Waals surface area contributed by atoms with Crippen molar-refractivity contribution in [3.63, 3.8) is 0 Å². The molecule has 96 valence electrons. The van der Waals surface area contributed by atoms with Gasteiger partial charge in [-0.25, -0.2) is 0 Å². The molecule has 1 aromatic heterocycles. The Labute approximate surface area is 104 Å². The van der Waals surface area contributed by atoms with Gasteiger partial charge in [-0.2, -0.15) is 0 Å². The van der Waals surface area contributed by atoms with Crippen molar-refractivity contribution in [2.75, 3.05) is 26.7 Å². The van der Waals surface area contributed by atoms with Crippen LogP contribution in [0, 0.1) is 5.92 Å². The maximum atomic E-state index is 5.54. The van der Waals surface area contributed by atoms with Crippen LogP contribution in [0.15, 0.2) is 22.8 Å². The number of piperidine rings is 1. The molecule has 1 fully saturated rings. The molecule has 0 amide bonds. The lowest BCUT2D eigenvalue weighted by atomic mass is 9.98. The number of furan rings is 1. The van der Waals surface area contributed by atoms with Crippen LogP contribution < -0.4 is 5.32 Å². The van der Waals surface area contributed by atoms with E-state index in [4.69, 9.17) is 4.42 Å². The van der Waals surface area contributed by atoms with E-state index < -0.39 is 0 Å². The maximum absolute atomic E-state index is 5.54. The fourth-order valence-electron chi connectivity index (χ4n) is 2.83. The molecule has 1 aliphatic rings. The molecule has 0 saturated carbocycles. The Bertz CT molecular complexity index is 304. The highest BCUT2D eigenvalue weighted by Crippen LogP contribution is 2.25. The molecule has 3 heteroatoms. The quantitative estimate of drug-likeness (QED) is 0.852. The molecule has 3 nitrogen and oxygen atoms in total. The molecule has 1 aliphatic heterocycles. The van der Waals surface area contributed by atoms with Crippen molar-refractivity contribution in [1.29, 1.82) is 0 Å². The molecule has 1 aromatic rings. The average molecular weight is 236 g/mol. The molecule has 0 spiro atoms. The van der Waals surface area contributed by atoms with Crippen LogP contribution in [0.25, 0.3) is 0 Å². The van der Waals surface area contributed by atoms with Crippen LogP contribution >= 0.6 is 0 Å². The molecule has 0 aliphatic carbocycles. The van der Waals surface area contributed by atoms with E-state index in [9.17, 15) is 0 Å². The molecule has 0 aromatic carbocycles. The van der Waals surface area contributed by atoms with Crippen LogP contribution in [-0.2, 0) is 0 Å². The highest BCUT2D eigenvalue weighted by atomic mass is 16.3. The van der Waals surface area contributed by atoms with Gasteiger partial charge in [0.15, 0.2) is 0 Å². The van der Waals surface area contributed by atoms with E-state index in [1.807, 2.05) is 6.07 Å². The summed E-state index contributed by atoms with van der Waals surface area (Å²) in [6.45, 7) is 5.74. The van der Waals surface area contributed by atoms with Crippen molar-refractivity contribution >= 4 is 0 Å².